The number of hydrogen-bond donors (Lipinski definition) is 1. The molecule has 0 bridgehead atoms. The van der Waals surface area contributed by atoms with E-state index in [1.54, 1.807) is 12.5 Å². The van der Waals surface area contributed by atoms with Gasteiger partial charge in [0.15, 0.2) is 0 Å². The molecule has 4 rings (SSSR count). The van der Waals surface area contributed by atoms with Crippen molar-refractivity contribution in [3.05, 3.63) is 45.8 Å². The van der Waals surface area contributed by atoms with Crippen molar-refractivity contribution in [2.24, 2.45) is 0 Å². The van der Waals surface area contributed by atoms with E-state index in [0.29, 0.717) is 10.2 Å². The number of nitrogens with zero attached hydrogens (tertiary/aromatic N) is 3. The van der Waals surface area contributed by atoms with Crippen LogP contribution in [-0.2, 0) is 4.74 Å². The van der Waals surface area contributed by atoms with Crippen LogP contribution in [0.3, 0.4) is 0 Å². The first kappa shape index (κ1) is 10.6. The normalized spacial score (nSPS) is 17.6. The maximum atomic E-state index is 11.6. The molecule has 6 nitrogen and oxygen atoms in total. The number of H-pyrrole nitrogens is 1. The van der Waals surface area contributed by atoms with Crippen LogP contribution in [0.25, 0.3) is 15.8 Å². The van der Waals surface area contributed by atoms with Crippen LogP contribution in [0.2, 0.25) is 0 Å². The highest BCUT2D eigenvalue weighted by atomic mass is 32.1. The summed E-state index contributed by atoms with van der Waals surface area (Å²) in [5.41, 5.74) is 4.51. The van der Waals surface area contributed by atoms with Crippen LogP contribution in [0.15, 0.2) is 34.5 Å². The van der Waals surface area contributed by atoms with Crippen LogP contribution in [0.5, 0.6) is 0 Å². The second kappa shape index (κ2) is 3.86. The molecule has 1 aliphatic carbocycles. The molecule has 0 atom stereocenters. The molecule has 2 aromatic rings. The van der Waals surface area contributed by atoms with Gasteiger partial charge in [0.05, 0.1) is 12.5 Å². The number of nitrogens with one attached hydrogen (secondary N) is 1. The lowest BCUT2D eigenvalue weighted by Crippen LogP contribution is -2.08. The lowest BCUT2D eigenvalue weighted by atomic mass is 10.1. The molecule has 2 aromatic heterocycles. The van der Waals surface area contributed by atoms with Gasteiger partial charge in [-0.1, -0.05) is 5.21 Å². The smallest absolute Gasteiger partial charge is 0.286 e. The zero-order valence-corrected chi connectivity index (χ0v) is 10.5. The minimum absolute atomic E-state index is 0.240. The standard InChI is InChI=1S/C12H8N4O2S/c17-12-11-10(13-16-14-12)9(15-19-11)8-2-1-6-5-18-4-3-7(6)8/h3-5H,1-2H2,(H,13,14,17). The fraction of sp³-hybridized carbons (Fsp3) is 0.167. The Labute approximate surface area is 111 Å². The minimum Gasteiger partial charge on any atom is -0.472 e. The average Bonchev–Trinajstić information content (AvgIpc) is 3.02. The Bertz CT molecular complexity index is 828. The van der Waals surface area contributed by atoms with Crippen LogP contribution in [0.4, 0.5) is 0 Å². The first-order valence-electron chi connectivity index (χ1n) is 5.80. The second-order valence-electron chi connectivity index (χ2n) is 4.32. The Morgan fingerprint density at radius 1 is 1.37 bits per heavy atom. The Balaban J connectivity index is 1.99. The van der Waals surface area contributed by atoms with Gasteiger partial charge in [0.25, 0.3) is 5.56 Å². The molecular formula is C12H8N4O2S. The Hall–Kier alpha value is -2.28. The first-order chi connectivity index (χ1) is 9.34. The summed E-state index contributed by atoms with van der Waals surface area (Å²) in [4.78, 5) is 11.6. The molecule has 1 aliphatic heterocycles. The number of ether oxygens (including phenoxy) is 1. The summed E-state index contributed by atoms with van der Waals surface area (Å²) >= 11 is 1.16. The van der Waals surface area contributed by atoms with Crippen LogP contribution in [0.1, 0.15) is 18.5 Å². The molecule has 0 aromatic carbocycles. The topological polar surface area (TPSA) is 80.8 Å². The van der Waals surface area contributed by atoms with E-state index in [9.17, 15) is 4.79 Å². The largest absolute Gasteiger partial charge is 0.472 e. The molecule has 0 fully saturated rings. The minimum atomic E-state index is -0.240. The second-order valence-corrected chi connectivity index (χ2v) is 5.10. The van der Waals surface area contributed by atoms with Gasteiger partial charge in [-0.2, -0.15) is 4.37 Å². The number of aromatic nitrogens is 4. The summed E-state index contributed by atoms with van der Waals surface area (Å²) in [6.45, 7) is 0. The van der Waals surface area contributed by atoms with E-state index in [1.165, 1.54) is 0 Å². The van der Waals surface area contributed by atoms with Crippen molar-refractivity contribution in [3.8, 4) is 0 Å². The van der Waals surface area contributed by atoms with E-state index in [2.05, 4.69) is 19.8 Å². The van der Waals surface area contributed by atoms with Gasteiger partial charge in [-0.05, 0) is 47.2 Å². The number of rotatable bonds is 1. The van der Waals surface area contributed by atoms with Crippen LogP contribution in [-0.4, -0.2) is 19.8 Å². The van der Waals surface area contributed by atoms with E-state index in [0.717, 1.165) is 46.8 Å². The molecule has 0 amide bonds. The van der Waals surface area contributed by atoms with Gasteiger partial charge < -0.3 is 4.74 Å². The molecular weight excluding hydrogens is 264 g/mol. The third-order valence-electron chi connectivity index (χ3n) is 3.30. The van der Waals surface area contributed by atoms with Crippen molar-refractivity contribution in [1.82, 2.24) is 19.8 Å². The maximum absolute atomic E-state index is 11.6. The van der Waals surface area contributed by atoms with Crippen LogP contribution in [0, 0.1) is 0 Å². The van der Waals surface area contributed by atoms with Crippen LogP contribution < -0.4 is 5.56 Å². The molecule has 7 heteroatoms. The summed E-state index contributed by atoms with van der Waals surface area (Å²) in [6, 6.07) is 0. The van der Waals surface area contributed by atoms with Crippen molar-refractivity contribution in [1.29, 1.82) is 0 Å². The number of fused-ring (bicyclic) bond motifs is 2. The highest BCUT2D eigenvalue weighted by Gasteiger charge is 2.25. The number of aromatic amines is 1. The first-order valence-corrected chi connectivity index (χ1v) is 6.57. The highest BCUT2D eigenvalue weighted by Crippen LogP contribution is 2.41. The molecule has 0 radical (unpaired) electrons. The van der Waals surface area contributed by atoms with Crippen molar-refractivity contribution in [2.75, 3.05) is 0 Å². The van der Waals surface area contributed by atoms with Gasteiger partial charge in [-0.15, -0.1) is 5.10 Å². The lowest BCUT2D eigenvalue weighted by molar-refractivity contribution is 0.393. The summed E-state index contributed by atoms with van der Waals surface area (Å²) in [6.07, 6.45) is 7.14. The monoisotopic (exact) mass is 272 g/mol. The van der Waals surface area contributed by atoms with Crippen molar-refractivity contribution in [2.45, 2.75) is 12.8 Å². The maximum Gasteiger partial charge on any atom is 0.286 e. The van der Waals surface area contributed by atoms with Gasteiger partial charge in [-0.25, -0.2) is 5.10 Å². The lowest BCUT2D eigenvalue weighted by Gasteiger charge is -2.06. The predicted octanol–water partition coefficient (Wildman–Crippen LogP) is 1.75. The highest BCUT2D eigenvalue weighted by molar-refractivity contribution is 7.13. The molecule has 19 heavy (non-hydrogen) atoms. The van der Waals surface area contributed by atoms with Crippen molar-refractivity contribution >= 4 is 27.3 Å². The zero-order chi connectivity index (χ0) is 12.8. The van der Waals surface area contributed by atoms with E-state index < -0.39 is 0 Å². The average molecular weight is 272 g/mol. The molecule has 0 unspecified atom stereocenters. The molecule has 0 spiro atoms. The molecule has 1 N–H and O–H groups in total. The molecule has 0 saturated heterocycles. The Morgan fingerprint density at radius 3 is 3.26 bits per heavy atom. The number of allylic oxidation sites excluding steroid dienone is 4. The molecule has 2 aliphatic rings. The Kier molecular flexibility index (Phi) is 2.16. The van der Waals surface area contributed by atoms with Gasteiger partial charge >= 0.3 is 0 Å². The molecule has 0 saturated carbocycles. The Morgan fingerprint density at radius 2 is 2.32 bits per heavy atom. The summed E-state index contributed by atoms with van der Waals surface area (Å²) in [7, 11) is 0. The summed E-state index contributed by atoms with van der Waals surface area (Å²) in [5.74, 6) is 0. The number of hydrogen-bond acceptors (Lipinski definition) is 6. The third-order valence-corrected chi connectivity index (χ3v) is 4.14. The summed E-state index contributed by atoms with van der Waals surface area (Å²) in [5, 5.41) is 9.96. The van der Waals surface area contributed by atoms with Gasteiger partial charge in [0, 0.05) is 0 Å². The van der Waals surface area contributed by atoms with Crippen molar-refractivity contribution in [3.63, 3.8) is 0 Å². The fourth-order valence-electron chi connectivity index (χ4n) is 2.42. The van der Waals surface area contributed by atoms with Gasteiger partial charge in [-0.3, -0.25) is 4.79 Å². The molecule has 94 valence electrons. The van der Waals surface area contributed by atoms with Gasteiger partial charge in [0.2, 0.25) is 0 Å². The fourth-order valence-corrected chi connectivity index (χ4v) is 3.16. The van der Waals surface area contributed by atoms with E-state index in [-0.39, 0.29) is 5.56 Å². The SMILES string of the molecule is O=c1[nH]nnc2c(C3=C4C=COC=C4CC3)nsc12. The third kappa shape index (κ3) is 1.48. The summed E-state index contributed by atoms with van der Waals surface area (Å²) < 4.78 is 10.1. The predicted molar refractivity (Wildman–Crippen MR) is 70.3 cm³/mol. The van der Waals surface area contributed by atoms with Crippen LogP contribution >= 0.6 is 11.5 Å². The van der Waals surface area contributed by atoms with Crippen molar-refractivity contribution < 1.29 is 4.74 Å². The zero-order valence-electron chi connectivity index (χ0n) is 9.71. The van der Waals surface area contributed by atoms with E-state index >= 15 is 0 Å². The quantitative estimate of drug-likeness (QED) is 0.855. The van der Waals surface area contributed by atoms with E-state index in [1.807, 2.05) is 6.08 Å². The molecule has 3 heterocycles. The van der Waals surface area contributed by atoms with E-state index in [4.69, 9.17) is 4.74 Å². The van der Waals surface area contributed by atoms with Gasteiger partial charge in [0.1, 0.15) is 15.9 Å².